The van der Waals surface area contributed by atoms with Crippen molar-refractivity contribution < 1.29 is 14.3 Å². The Kier molecular flexibility index (Phi) is 7.18. The first-order chi connectivity index (χ1) is 14.0. The number of anilines is 1. The lowest BCUT2D eigenvalue weighted by Crippen LogP contribution is -2.45. The summed E-state index contributed by atoms with van der Waals surface area (Å²) < 4.78 is 5.68. The highest BCUT2D eigenvalue weighted by atomic mass is 16.5. The predicted octanol–water partition coefficient (Wildman–Crippen LogP) is 4.28. The second kappa shape index (κ2) is 9.81. The van der Waals surface area contributed by atoms with Gasteiger partial charge in [0.1, 0.15) is 0 Å². The molecule has 1 saturated carbocycles. The zero-order chi connectivity index (χ0) is 20.8. The molecule has 1 aliphatic carbocycles. The minimum atomic E-state index is -0.506. The molecule has 1 fully saturated rings. The smallest absolute Gasteiger partial charge is 0.338 e. The van der Waals surface area contributed by atoms with E-state index in [-0.39, 0.29) is 12.0 Å². The van der Waals surface area contributed by atoms with Crippen LogP contribution in [0.4, 0.5) is 10.5 Å². The Hall–Kier alpha value is -2.50. The van der Waals surface area contributed by atoms with E-state index in [4.69, 9.17) is 4.74 Å². The van der Waals surface area contributed by atoms with Gasteiger partial charge in [-0.1, -0.05) is 31.4 Å². The average molecular weight is 400 g/mol. The summed E-state index contributed by atoms with van der Waals surface area (Å²) in [5.74, 6) is 0.102. The van der Waals surface area contributed by atoms with E-state index in [1.54, 1.807) is 6.92 Å². The molecular weight excluding hydrogens is 366 g/mol. The molecule has 0 radical (unpaired) electrons. The third-order valence-electron chi connectivity index (χ3n) is 6.02. The molecule has 1 aromatic rings. The lowest BCUT2D eigenvalue weighted by Gasteiger charge is -2.29. The number of amides is 2. The lowest BCUT2D eigenvalue weighted by molar-refractivity contribution is -0.141. The Morgan fingerprint density at radius 1 is 1.10 bits per heavy atom. The number of nitrogens with one attached hydrogen (secondary N) is 2. The Morgan fingerprint density at radius 2 is 1.76 bits per heavy atom. The highest BCUT2D eigenvalue weighted by molar-refractivity contribution is 5.95. The van der Waals surface area contributed by atoms with Gasteiger partial charge >= 0.3 is 12.0 Å². The molecule has 0 bridgehead atoms. The number of hydrogen-bond donors (Lipinski definition) is 2. The molecule has 1 heterocycles. The summed E-state index contributed by atoms with van der Waals surface area (Å²) in [6, 6.07) is 7.22. The molecule has 0 spiro atoms. The molecule has 2 aliphatic rings. The van der Waals surface area contributed by atoms with Gasteiger partial charge in [0, 0.05) is 24.5 Å². The fraction of sp³-hybridized carbons (Fsp3) is 0.565. The highest BCUT2D eigenvalue weighted by Gasteiger charge is 2.32. The summed E-state index contributed by atoms with van der Waals surface area (Å²) in [5.41, 5.74) is 3.04. The zero-order valence-corrected chi connectivity index (χ0v) is 17.8. The minimum Gasteiger partial charge on any atom is -0.462 e. The summed E-state index contributed by atoms with van der Waals surface area (Å²) in [5, 5.41) is 5.60. The van der Waals surface area contributed by atoms with Crippen molar-refractivity contribution in [2.75, 3.05) is 24.6 Å². The van der Waals surface area contributed by atoms with Gasteiger partial charge in [0.15, 0.2) is 0 Å². The average Bonchev–Trinajstić information content (AvgIpc) is 2.73. The van der Waals surface area contributed by atoms with E-state index in [0.717, 1.165) is 37.2 Å². The van der Waals surface area contributed by atoms with E-state index in [2.05, 4.69) is 29.4 Å². The van der Waals surface area contributed by atoms with E-state index in [1.807, 2.05) is 24.3 Å². The van der Waals surface area contributed by atoms with E-state index in [0.29, 0.717) is 23.8 Å². The van der Waals surface area contributed by atoms with Crippen LogP contribution in [0.15, 0.2) is 35.5 Å². The standard InChI is InChI=1S/C23H33N3O3/c1-4-26(5-2)19-13-11-18(12-14-19)21-20(16(3)24-23(28)25-21)22(27)29-15-17-9-7-6-8-10-17/h11-14,17,21H,4-10,15H2,1-3H3,(H2,24,25,28)/t21-/m0/s1. The van der Waals surface area contributed by atoms with Crippen LogP contribution in [0.1, 0.15) is 64.5 Å². The topological polar surface area (TPSA) is 70.7 Å². The van der Waals surface area contributed by atoms with Crippen LogP contribution in [0.3, 0.4) is 0 Å². The molecule has 0 saturated heterocycles. The van der Waals surface area contributed by atoms with Crippen molar-refractivity contribution in [3.63, 3.8) is 0 Å². The van der Waals surface area contributed by atoms with Crippen LogP contribution in [-0.2, 0) is 9.53 Å². The van der Waals surface area contributed by atoms with Gasteiger partial charge in [0.2, 0.25) is 0 Å². The predicted molar refractivity (Wildman–Crippen MR) is 115 cm³/mol. The van der Waals surface area contributed by atoms with Crippen molar-refractivity contribution in [2.24, 2.45) is 5.92 Å². The third kappa shape index (κ3) is 5.11. The number of nitrogens with zero attached hydrogens (tertiary/aromatic N) is 1. The van der Waals surface area contributed by atoms with Crippen molar-refractivity contribution in [1.82, 2.24) is 10.6 Å². The number of benzene rings is 1. The number of hydrogen-bond acceptors (Lipinski definition) is 4. The molecule has 0 unspecified atom stereocenters. The molecule has 6 heteroatoms. The van der Waals surface area contributed by atoms with E-state index >= 15 is 0 Å². The maximum atomic E-state index is 12.9. The molecule has 2 amide bonds. The van der Waals surface area contributed by atoms with Crippen LogP contribution < -0.4 is 15.5 Å². The molecule has 1 aliphatic heterocycles. The summed E-state index contributed by atoms with van der Waals surface area (Å²) in [7, 11) is 0. The fourth-order valence-corrected chi connectivity index (χ4v) is 4.31. The second-order valence-electron chi connectivity index (χ2n) is 7.94. The highest BCUT2D eigenvalue weighted by Crippen LogP contribution is 2.30. The second-order valence-corrected chi connectivity index (χ2v) is 7.94. The lowest BCUT2D eigenvalue weighted by atomic mass is 9.90. The first kappa shape index (κ1) is 21.2. The van der Waals surface area contributed by atoms with Crippen molar-refractivity contribution in [3.8, 4) is 0 Å². The molecule has 158 valence electrons. The Labute approximate surface area is 173 Å². The third-order valence-corrected chi connectivity index (χ3v) is 6.02. The van der Waals surface area contributed by atoms with E-state index in [1.165, 1.54) is 19.3 Å². The Balaban J connectivity index is 1.77. The van der Waals surface area contributed by atoms with Gasteiger partial charge < -0.3 is 20.3 Å². The minimum absolute atomic E-state index is 0.302. The van der Waals surface area contributed by atoms with Gasteiger partial charge in [-0.15, -0.1) is 0 Å². The van der Waals surface area contributed by atoms with Crippen LogP contribution in [0.25, 0.3) is 0 Å². The van der Waals surface area contributed by atoms with Crippen molar-refractivity contribution in [2.45, 2.75) is 58.9 Å². The molecular formula is C23H33N3O3. The first-order valence-electron chi connectivity index (χ1n) is 10.8. The largest absolute Gasteiger partial charge is 0.462 e. The van der Waals surface area contributed by atoms with Crippen LogP contribution >= 0.6 is 0 Å². The van der Waals surface area contributed by atoms with Gasteiger partial charge in [0.05, 0.1) is 18.2 Å². The monoisotopic (exact) mass is 399 g/mol. The maximum Gasteiger partial charge on any atom is 0.338 e. The van der Waals surface area contributed by atoms with Crippen LogP contribution in [0.5, 0.6) is 0 Å². The van der Waals surface area contributed by atoms with Gasteiger partial charge in [-0.25, -0.2) is 9.59 Å². The summed E-state index contributed by atoms with van der Waals surface area (Å²) in [6.07, 6.45) is 5.94. The van der Waals surface area contributed by atoms with Gasteiger partial charge in [0.25, 0.3) is 0 Å². The molecule has 1 aromatic carbocycles. The van der Waals surface area contributed by atoms with E-state index < -0.39 is 6.04 Å². The molecule has 2 N–H and O–H groups in total. The summed E-state index contributed by atoms with van der Waals surface area (Å²) in [4.78, 5) is 27.3. The van der Waals surface area contributed by atoms with Gasteiger partial charge in [-0.2, -0.15) is 0 Å². The van der Waals surface area contributed by atoms with Crippen molar-refractivity contribution in [1.29, 1.82) is 0 Å². The Morgan fingerprint density at radius 3 is 2.38 bits per heavy atom. The summed E-state index contributed by atoms with van der Waals surface area (Å²) in [6.45, 7) is 8.31. The number of rotatable bonds is 7. The summed E-state index contributed by atoms with van der Waals surface area (Å²) >= 11 is 0. The number of urea groups is 1. The maximum absolute atomic E-state index is 12.9. The quantitative estimate of drug-likeness (QED) is 0.671. The molecule has 1 atom stereocenters. The van der Waals surface area contributed by atoms with Crippen LogP contribution in [0, 0.1) is 5.92 Å². The van der Waals surface area contributed by atoms with Crippen molar-refractivity contribution >= 4 is 17.7 Å². The zero-order valence-electron chi connectivity index (χ0n) is 17.8. The number of ether oxygens (including phenoxy) is 1. The van der Waals surface area contributed by atoms with E-state index in [9.17, 15) is 9.59 Å². The fourth-order valence-electron chi connectivity index (χ4n) is 4.31. The normalized spacial score (nSPS) is 20.1. The van der Waals surface area contributed by atoms with Gasteiger partial charge in [-0.3, -0.25) is 0 Å². The molecule has 6 nitrogen and oxygen atoms in total. The van der Waals surface area contributed by atoms with Crippen LogP contribution in [0.2, 0.25) is 0 Å². The molecule has 0 aromatic heterocycles. The number of esters is 1. The number of carbonyl (C=O) groups excluding carboxylic acids is 2. The van der Waals surface area contributed by atoms with Gasteiger partial charge in [-0.05, 0) is 57.2 Å². The molecule has 3 rings (SSSR count). The number of allylic oxidation sites excluding steroid dienone is 1. The molecule has 29 heavy (non-hydrogen) atoms. The SMILES string of the molecule is CCN(CC)c1ccc([C@@H]2NC(=O)NC(C)=C2C(=O)OCC2CCCCC2)cc1. The first-order valence-corrected chi connectivity index (χ1v) is 10.8. The van der Waals surface area contributed by atoms with Crippen molar-refractivity contribution in [3.05, 3.63) is 41.1 Å². The Bertz CT molecular complexity index is 747. The number of carbonyl (C=O) groups is 2. The van der Waals surface area contributed by atoms with Crippen LogP contribution in [-0.4, -0.2) is 31.7 Å².